The Hall–Kier alpha value is -0.920. The van der Waals surface area contributed by atoms with Crippen molar-refractivity contribution in [1.82, 2.24) is 10.6 Å². The molecule has 1 aliphatic heterocycles. The maximum absolute atomic E-state index is 12.4. The molecule has 0 radical (unpaired) electrons. The Morgan fingerprint density at radius 1 is 1.27 bits per heavy atom. The first-order valence-corrected chi connectivity index (χ1v) is 8.87. The second-order valence-corrected chi connectivity index (χ2v) is 7.34. The minimum Gasteiger partial charge on any atom is -0.494 e. The standard InChI is InChI=1S/C15H14Br2N2O2S/c1-21-14-8(16)5-7(6-9(14)17)13-12-10(18-15(22)19-13)3-2-4-11(12)20/h5-6,13H,2-4H2,1H3,(H2,18,19,22). The van der Waals surface area contributed by atoms with Gasteiger partial charge in [-0.1, -0.05) is 0 Å². The van der Waals surface area contributed by atoms with Crippen LogP contribution in [0.15, 0.2) is 32.3 Å². The van der Waals surface area contributed by atoms with Crippen LogP contribution in [0.4, 0.5) is 0 Å². The molecule has 1 atom stereocenters. The van der Waals surface area contributed by atoms with Crippen LogP contribution in [0, 0.1) is 0 Å². The van der Waals surface area contributed by atoms with Gasteiger partial charge in [-0.3, -0.25) is 4.79 Å². The molecule has 0 amide bonds. The van der Waals surface area contributed by atoms with Crippen molar-refractivity contribution >= 4 is 55.0 Å². The summed E-state index contributed by atoms with van der Waals surface area (Å²) in [6.45, 7) is 0. The van der Waals surface area contributed by atoms with Gasteiger partial charge in [0.25, 0.3) is 0 Å². The molecule has 1 unspecified atom stereocenters. The third kappa shape index (κ3) is 2.81. The van der Waals surface area contributed by atoms with Crippen LogP contribution in [-0.4, -0.2) is 18.0 Å². The number of Topliss-reactive ketones (excluding diaryl/α,β-unsaturated/α-hetero) is 1. The van der Waals surface area contributed by atoms with E-state index in [1.807, 2.05) is 12.1 Å². The molecule has 0 bridgehead atoms. The first-order chi connectivity index (χ1) is 10.5. The van der Waals surface area contributed by atoms with Gasteiger partial charge in [-0.25, -0.2) is 0 Å². The predicted octanol–water partition coefficient (Wildman–Crippen LogP) is 3.75. The molecule has 1 aromatic carbocycles. The number of ether oxygens (including phenoxy) is 1. The zero-order valence-corrected chi connectivity index (χ0v) is 15.8. The van der Waals surface area contributed by atoms with Crippen molar-refractivity contribution in [1.29, 1.82) is 0 Å². The molecular weight excluding hydrogens is 432 g/mol. The number of thiocarbonyl (C=S) groups is 1. The molecule has 0 spiro atoms. The smallest absolute Gasteiger partial charge is 0.171 e. The lowest BCUT2D eigenvalue weighted by Crippen LogP contribution is -2.46. The molecule has 22 heavy (non-hydrogen) atoms. The second-order valence-electron chi connectivity index (χ2n) is 5.22. The fraction of sp³-hybridized carbons (Fsp3) is 0.333. The lowest BCUT2D eigenvalue weighted by molar-refractivity contribution is -0.116. The SMILES string of the molecule is COc1c(Br)cc(C2NC(=S)NC3=C2C(=O)CCC3)cc1Br. The van der Waals surface area contributed by atoms with E-state index in [-0.39, 0.29) is 11.8 Å². The monoisotopic (exact) mass is 444 g/mol. The molecule has 1 heterocycles. The molecule has 2 N–H and O–H groups in total. The third-order valence-corrected chi connectivity index (χ3v) is 5.24. The van der Waals surface area contributed by atoms with Crippen molar-refractivity contribution in [3.63, 3.8) is 0 Å². The highest BCUT2D eigenvalue weighted by molar-refractivity contribution is 9.11. The molecule has 7 heteroatoms. The van der Waals surface area contributed by atoms with Gasteiger partial charge in [0.05, 0.1) is 22.1 Å². The maximum Gasteiger partial charge on any atom is 0.171 e. The van der Waals surface area contributed by atoms with Crippen molar-refractivity contribution in [3.8, 4) is 5.75 Å². The highest BCUT2D eigenvalue weighted by Gasteiger charge is 2.33. The lowest BCUT2D eigenvalue weighted by Gasteiger charge is -2.34. The van der Waals surface area contributed by atoms with Gasteiger partial charge in [0, 0.05) is 17.7 Å². The van der Waals surface area contributed by atoms with Crippen molar-refractivity contribution in [2.45, 2.75) is 25.3 Å². The summed E-state index contributed by atoms with van der Waals surface area (Å²) in [4.78, 5) is 12.4. The number of carbonyl (C=O) groups is 1. The summed E-state index contributed by atoms with van der Waals surface area (Å²) >= 11 is 12.3. The Kier molecular flexibility index (Phi) is 4.56. The van der Waals surface area contributed by atoms with E-state index in [9.17, 15) is 4.79 Å². The zero-order chi connectivity index (χ0) is 15.9. The molecule has 1 aromatic rings. The predicted molar refractivity (Wildman–Crippen MR) is 95.9 cm³/mol. The molecule has 0 saturated heterocycles. The minimum absolute atomic E-state index is 0.178. The number of rotatable bonds is 2. The van der Waals surface area contributed by atoms with Crippen LogP contribution in [0.3, 0.4) is 0 Å². The average Bonchev–Trinajstić information content (AvgIpc) is 2.46. The number of hydrogen-bond acceptors (Lipinski definition) is 3. The van der Waals surface area contributed by atoms with Crippen LogP contribution >= 0.6 is 44.1 Å². The van der Waals surface area contributed by atoms with Gasteiger partial charge in [-0.05, 0) is 74.6 Å². The second kappa shape index (κ2) is 6.29. The van der Waals surface area contributed by atoms with Gasteiger partial charge in [0.2, 0.25) is 0 Å². The molecular formula is C15H14Br2N2O2S. The number of methoxy groups -OCH3 is 1. The highest BCUT2D eigenvalue weighted by Crippen LogP contribution is 2.40. The summed E-state index contributed by atoms with van der Waals surface area (Å²) in [7, 11) is 1.62. The van der Waals surface area contributed by atoms with Gasteiger partial charge < -0.3 is 15.4 Å². The minimum atomic E-state index is -0.227. The molecule has 0 fully saturated rings. The van der Waals surface area contributed by atoms with E-state index in [0.717, 1.165) is 44.4 Å². The van der Waals surface area contributed by atoms with Crippen LogP contribution in [0.2, 0.25) is 0 Å². The fourth-order valence-corrected chi connectivity index (χ4v) is 4.68. The molecule has 2 aliphatic rings. The van der Waals surface area contributed by atoms with E-state index in [0.29, 0.717) is 11.5 Å². The van der Waals surface area contributed by atoms with E-state index >= 15 is 0 Å². The largest absolute Gasteiger partial charge is 0.494 e. The van der Waals surface area contributed by atoms with E-state index in [2.05, 4.69) is 42.5 Å². The molecule has 3 rings (SSSR count). The van der Waals surface area contributed by atoms with Gasteiger partial charge in [-0.2, -0.15) is 0 Å². The Labute approximate surface area is 150 Å². The van der Waals surface area contributed by atoms with Crippen LogP contribution in [-0.2, 0) is 4.79 Å². The van der Waals surface area contributed by atoms with Gasteiger partial charge >= 0.3 is 0 Å². The van der Waals surface area contributed by atoms with Gasteiger partial charge in [-0.15, -0.1) is 0 Å². The van der Waals surface area contributed by atoms with Crippen molar-refractivity contribution in [3.05, 3.63) is 37.9 Å². The Bertz CT molecular complexity index is 680. The normalized spacial score (nSPS) is 21.1. The fourth-order valence-electron chi connectivity index (χ4n) is 2.90. The van der Waals surface area contributed by atoms with Gasteiger partial charge in [0.1, 0.15) is 5.75 Å². The summed E-state index contributed by atoms with van der Waals surface area (Å²) in [5, 5.41) is 6.90. The summed E-state index contributed by atoms with van der Waals surface area (Å²) in [5.41, 5.74) is 2.71. The Morgan fingerprint density at radius 2 is 1.95 bits per heavy atom. The summed E-state index contributed by atoms with van der Waals surface area (Å²) < 4.78 is 7.00. The molecule has 1 aliphatic carbocycles. The summed E-state index contributed by atoms with van der Waals surface area (Å²) in [6, 6.07) is 3.69. The van der Waals surface area contributed by atoms with E-state index in [4.69, 9.17) is 17.0 Å². The summed E-state index contributed by atoms with van der Waals surface area (Å²) in [6.07, 6.45) is 2.32. The first-order valence-electron chi connectivity index (χ1n) is 6.88. The Balaban J connectivity index is 2.10. The van der Waals surface area contributed by atoms with Crippen LogP contribution in [0.5, 0.6) is 5.75 Å². The Morgan fingerprint density at radius 3 is 2.59 bits per heavy atom. The molecule has 0 saturated carbocycles. The molecule has 4 nitrogen and oxygen atoms in total. The average molecular weight is 446 g/mol. The van der Waals surface area contributed by atoms with Crippen LogP contribution < -0.4 is 15.4 Å². The number of allylic oxidation sites excluding steroid dienone is 1. The number of benzene rings is 1. The van der Waals surface area contributed by atoms with E-state index in [1.54, 1.807) is 7.11 Å². The highest BCUT2D eigenvalue weighted by atomic mass is 79.9. The first kappa shape index (κ1) is 16.0. The number of ketones is 1. The quantitative estimate of drug-likeness (QED) is 0.679. The number of nitrogens with one attached hydrogen (secondary N) is 2. The van der Waals surface area contributed by atoms with Crippen molar-refractivity contribution in [2.24, 2.45) is 0 Å². The maximum atomic E-state index is 12.4. The number of halogens is 2. The lowest BCUT2D eigenvalue weighted by atomic mass is 9.85. The van der Waals surface area contributed by atoms with Crippen LogP contribution in [0.1, 0.15) is 30.9 Å². The summed E-state index contributed by atoms with van der Waals surface area (Å²) in [5.74, 6) is 0.904. The van der Waals surface area contributed by atoms with Crippen LogP contribution in [0.25, 0.3) is 0 Å². The molecule has 116 valence electrons. The van der Waals surface area contributed by atoms with Crippen molar-refractivity contribution in [2.75, 3.05) is 7.11 Å². The zero-order valence-electron chi connectivity index (χ0n) is 11.8. The number of hydrogen-bond donors (Lipinski definition) is 2. The molecule has 0 aromatic heterocycles. The van der Waals surface area contributed by atoms with E-state index < -0.39 is 0 Å². The van der Waals surface area contributed by atoms with Gasteiger partial charge in [0.15, 0.2) is 10.9 Å². The van der Waals surface area contributed by atoms with Crippen molar-refractivity contribution < 1.29 is 9.53 Å². The third-order valence-electron chi connectivity index (χ3n) is 3.84. The number of carbonyl (C=O) groups excluding carboxylic acids is 1. The topological polar surface area (TPSA) is 50.4 Å². The van der Waals surface area contributed by atoms with E-state index in [1.165, 1.54) is 0 Å².